The SMILES string of the molecule is CCC1c2ccsc2CCN1C(=O)C=Cc1ccc(F)cc1. The maximum Gasteiger partial charge on any atom is 0.247 e. The topological polar surface area (TPSA) is 20.3 Å². The molecule has 1 aliphatic rings. The molecule has 0 fully saturated rings. The average Bonchev–Trinajstić information content (AvgIpc) is 3.01. The first-order valence-corrected chi connectivity index (χ1v) is 8.37. The van der Waals surface area contributed by atoms with E-state index < -0.39 is 0 Å². The number of carbonyl (C=O) groups excluding carboxylic acids is 1. The van der Waals surface area contributed by atoms with Crippen molar-refractivity contribution in [1.29, 1.82) is 0 Å². The van der Waals surface area contributed by atoms with Crippen molar-refractivity contribution in [2.45, 2.75) is 25.8 Å². The van der Waals surface area contributed by atoms with Crippen molar-refractivity contribution in [3.05, 3.63) is 63.6 Å². The normalized spacial score (nSPS) is 17.7. The molecule has 0 radical (unpaired) electrons. The highest BCUT2D eigenvalue weighted by Gasteiger charge is 2.29. The molecule has 114 valence electrons. The third-order valence-corrected chi connectivity index (χ3v) is 5.05. The number of rotatable bonds is 3. The van der Waals surface area contributed by atoms with E-state index in [9.17, 15) is 9.18 Å². The van der Waals surface area contributed by atoms with E-state index in [0.29, 0.717) is 0 Å². The molecular weight excluding hydrogens is 297 g/mol. The van der Waals surface area contributed by atoms with E-state index >= 15 is 0 Å². The fourth-order valence-electron chi connectivity index (χ4n) is 2.94. The van der Waals surface area contributed by atoms with Crippen LogP contribution in [0.3, 0.4) is 0 Å². The molecular formula is C18H18FNOS. The number of halogens is 1. The predicted octanol–water partition coefficient (Wildman–Crippen LogP) is 4.44. The van der Waals surface area contributed by atoms with Crippen LogP contribution in [-0.4, -0.2) is 17.4 Å². The van der Waals surface area contributed by atoms with Crippen LogP contribution < -0.4 is 0 Å². The third-order valence-electron chi connectivity index (χ3n) is 4.05. The minimum absolute atomic E-state index is 0.0213. The monoisotopic (exact) mass is 315 g/mol. The van der Waals surface area contributed by atoms with Crippen LogP contribution in [0.2, 0.25) is 0 Å². The molecule has 2 aromatic rings. The van der Waals surface area contributed by atoms with Gasteiger partial charge in [-0.15, -0.1) is 11.3 Å². The van der Waals surface area contributed by atoms with E-state index in [0.717, 1.165) is 24.9 Å². The second kappa shape index (κ2) is 6.44. The number of hydrogen-bond acceptors (Lipinski definition) is 2. The molecule has 0 saturated carbocycles. The highest BCUT2D eigenvalue weighted by Crippen LogP contribution is 2.35. The summed E-state index contributed by atoms with van der Waals surface area (Å²) in [5, 5.41) is 2.11. The molecule has 1 atom stereocenters. The van der Waals surface area contributed by atoms with Gasteiger partial charge >= 0.3 is 0 Å². The summed E-state index contributed by atoms with van der Waals surface area (Å²) in [4.78, 5) is 15.8. The third kappa shape index (κ3) is 2.97. The molecule has 0 saturated heterocycles. The van der Waals surface area contributed by atoms with E-state index in [-0.39, 0.29) is 17.8 Å². The second-order valence-electron chi connectivity index (χ2n) is 5.39. The number of nitrogens with zero attached hydrogens (tertiary/aromatic N) is 1. The van der Waals surface area contributed by atoms with Gasteiger partial charge in [0, 0.05) is 17.5 Å². The van der Waals surface area contributed by atoms with E-state index in [1.54, 1.807) is 35.6 Å². The van der Waals surface area contributed by atoms with Gasteiger partial charge < -0.3 is 4.90 Å². The van der Waals surface area contributed by atoms with Crippen LogP contribution in [0.15, 0.2) is 41.8 Å². The van der Waals surface area contributed by atoms with Crippen LogP contribution in [-0.2, 0) is 11.2 Å². The minimum Gasteiger partial charge on any atom is -0.332 e. The minimum atomic E-state index is -0.268. The zero-order valence-electron chi connectivity index (χ0n) is 12.5. The fourth-order valence-corrected chi connectivity index (χ4v) is 3.87. The van der Waals surface area contributed by atoms with E-state index in [2.05, 4.69) is 18.4 Å². The average molecular weight is 315 g/mol. The summed E-state index contributed by atoms with van der Waals surface area (Å²) < 4.78 is 12.9. The molecule has 0 aliphatic carbocycles. The van der Waals surface area contributed by atoms with Gasteiger partial charge in [-0.1, -0.05) is 19.1 Å². The molecule has 1 aliphatic heterocycles. The second-order valence-corrected chi connectivity index (χ2v) is 6.39. The van der Waals surface area contributed by atoms with Gasteiger partial charge in [0.05, 0.1) is 6.04 Å². The van der Waals surface area contributed by atoms with Crippen molar-refractivity contribution in [3.63, 3.8) is 0 Å². The van der Waals surface area contributed by atoms with Crippen LogP contribution in [0, 0.1) is 5.82 Å². The smallest absolute Gasteiger partial charge is 0.247 e. The molecule has 1 aromatic carbocycles. The highest BCUT2D eigenvalue weighted by atomic mass is 32.1. The molecule has 0 bridgehead atoms. The molecule has 3 rings (SSSR count). The van der Waals surface area contributed by atoms with Crippen LogP contribution in [0.25, 0.3) is 6.08 Å². The van der Waals surface area contributed by atoms with Crippen LogP contribution >= 0.6 is 11.3 Å². The lowest BCUT2D eigenvalue weighted by Crippen LogP contribution is -2.38. The maximum absolute atomic E-state index is 12.9. The molecule has 22 heavy (non-hydrogen) atoms. The Hall–Kier alpha value is -1.94. The van der Waals surface area contributed by atoms with Gasteiger partial charge in [-0.25, -0.2) is 4.39 Å². The summed E-state index contributed by atoms with van der Waals surface area (Å²) in [6.07, 6.45) is 5.18. The van der Waals surface area contributed by atoms with Gasteiger partial charge in [-0.05, 0) is 53.6 Å². The van der Waals surface area contributed by atoms with Crippen molar-refractivity contribution >= 4 is 23.3 Å². The number of thiophene rings is 1. The lowest BCUT2D eigenvalue weighted by molar-refractivity contribution is -0.128. The summed E-state index contributed by atoms with van der Waals surface area (Å²) in [6, 6.07) is 8.44. The van der Waals surface area contributed by atoms with E-state index in [1.165, 1.54) is 22.6 Å². The zero-order chi connectivity index (χ0) is 15.5. The molecule has 2 nitrogen and oxygen atoms in total. The Morgan fingerprint density at radius 2 is 2.14 bits per heavy atom. The number of amides is 1. The van der Waals surface area contributed by atoms with Crippen molar-refractivity contribution in [1.82, 2.24) is 4.90 Å². The van der Waals surface area contributed by atoms with Gasteiger partial charge in [0.2, 0.25) is 5.91 Å². The zero-order valence-corrected chi connectivity index (χ0v) is 13.3. The number of carbonyl (C=O) groups is 1. The largest absolute Gasteiger partial charge is 0.332 e. The first kappa shape index (κ1) is 15.0. The van der Waals surface area contributed by atoms with Gasteiger partial charge in [-0.3, -0.25) is 4.79 Å². The van der Waals surface area contributed by atoms with Crippen molar-refractivity contribution in [3.8, 4) is 0 Å². The first-order chi connectivity index (χ1) is 10.7. The molecule has 1 unspecified atom stereocenters. The summed E-state index contributed by atoms with van der Waals surface area (Å²) >= 11 is 1.78. The summed E-state index contributed by atoms with van der Waals surface area (Å²) in [6.45, 7) is 2.88. The van der Waals surface area contributed by atoms with Gasteiger partial charge in [0.25, 0.3) is 0 Å². The lowest BCUT2D eigenvalue weighted by Gasteiger charge is -2.34. The summed E-state index contributed by atoms with van der Waals surface area (Å²) in [7, 11) is 0. The Kier molecular flexibility index (Phi) is 4.39. The van der Waals surface area contributed by atoms with Crippen molar-refractivity contribution in [2.75, 3.05) is 6.54 Å². The van der Waals surface area contributed by atoms with E-state index in [1.807, 2.05) is 4.90 Å². The highest BCUT2D eigenvalue weighted by molar-refractivity contribution is 7.10. The Labute approximate surface area is 133 Å². The number of benzene rings is 1. The van der Waals surface area contributed by atoms with E-state index in [4.69, 9.17) is 0 Å². The quantitative estimate of drug-likeness (QED) is 0.767. The van der Waals surface area contributed by atoms with Gasteiger partial charge in [0.15, 0.2) is 0 Å². The van der Waals surface area contributed by atoms with Crippen LogP contribution in [0.5, 0.6) is 0 Å². The molecule has 4 heteroatoms. The molecule has 1 aromatic heterocycles. The molecule has 2 heterocycles. The Morgan fingerprint density at radius 1 is 1.36 bits per heavy atom. The Bertz CT molecular complexity index is 689. The van der Waals surface area contributed by atoms with Crippen LogP contribution in [0.1, 0.15) is 35.4 Å². The van der Waals surface area contributed by atoms with Crippen LogP contribution in [0.4, 0.5) is 4.39 Å². The Balaban J connectivity index is 1.76. The van der Waals surface area contributed by atoms with Gasteiger partial charge in [-0.2, -0.15) is 0 Å². The molecule has 0 spiro atoms. The first-order valence-electron chi connectivity index (χ1n) is 7.49. The summed E-state index contributed by atoms with van der Waals surface area (Å²) in [5.41, 5.74) is 2.12. The van der Waals surface area contributed by atoms with Crippen molar-refractivity contribution < 1.29 is 9.18 Å². The number of hydrogen-bond donors (Lipinski definition) is 0. The number of fused-ring (bicyclic) bond motifs is 1. The standard InChI is InChI=1S/C18H18FNOS/c1-2-16-15-10-12-22-17(15)9-11-20(16)18(21)8-5-13-3-6-14(19)7-4-13/h3-8,10,12,16H,2,9,11H2,1H3. The van der Waals surface area contributed by atoms with Crippen molar-refractivity contribution in [2.24, 2.45) is 0 Å². The predicted molar refractivity (Wildman–Crippen MR) is 88.2 cm³/mol. The molecule has 0 N–H and O–H groups in total. The lowest BCUT2D eigenvalue weighted by atomic mass is 9.97. The fraction of sp³-hybridized carbons (Fsp3) is 0.278. The Morgan fingerprint density at radius 3 is 2.86 bits per heavy atom. The molecule has 1 amide bonds. The summed E-state index contributed by atoms with van der Waals surface area (Å²) in [5.74, 6) is -0.247. The van der Waals surface area contributed by atoms with Gasteiger partial charge in [0.1, 0.15) is 5.82 Å². The maximum atomic E-state index is 12.9.